The topological polar surface area (TPSA) is 61.5 Å². The van der Waals surface area contributed by atoms with Gasteiger partial charge < -0.3 is 19.5 Å². The third-order valence-electron chi connectivity index (χ3n) is 3.61. The molecule has 124 valence electrons. The Bertz CT molecular complexity index is 638. The molecule has 0 saturated heterocycles. The summed E-state index contributed by atoms with van der Waals surface area (Å²) in [4.78, 5) is 23.9. The number of rotatable bonds is 7. The van der Waals surface area contributed by atoms with Crippen LogP contribution in [0.3, 0.4) is 0 Å². The number of imidazole rings is 1. The third-order valence-corrected chi connectivity index (χ3v) is 3.61. The summed E-state index contributed by atoms with van der Waals surface area (Å²) in [5.41, 5.74) is 2.55. The van der Waals surface area contributed by atoms with Gasteiger partial charge >= 0.3 is 0 Å². The first-order valence-electron chi connectivity index (χ1n) is 7.57. The second kappa shape index (κ2) is 7.78. The van der Waals surface area contributed by atoms with Crippen molar-refractivity contribution in [2.45, 2.75) is 13.5 Å². The molecule has 0 fully saturated rings. The number of benzene rings is 1. The van der Waals surface area contributed by atoms with E-state index in [9.17, 15) is 4.79 Å². The summed E-state index contributed by atoms with van der Waals surface area (Å²) >= 11 is 0. The van der Waals surface area contributed by atoms with E-state index < -0.39 is 0 Å². The summed E-state index contributed by atoms with van der Waals surface area (Å²) in [6, 6.07) is 5.63. The molecule has 0 saturated carbocycles. The molecule has 1 heterocycles. The first kappa shape index (κ1) is 17.0. The number of likely N-dealkylation sites (N-methyl/N-ethyl adjacent to an activating group) is 1. The van der Waals surface area contributed by atoms with Gasteiger partial charge in [0.25, 0.3) is 5.91 Å². The van der Waals surface area contributed by atoms with E-state index in [1.165, 1.54) is 0 Å². The van der Waals surface area contributed by atoms with Crippen molar-refractivity contribution in [1.82, 2.24) is 19.8 Å². The zero-order valence-electron chi connectivity index (χ0n) is 14.2. The van der Waals surface area contributed by atoms with Crippen LogP contribution in [0.1, 0.15) is 21.6 Å². The summed E-state index contributed by atoms with van der Waals surface area (Å²) < 4.78 is 5.38. The van der Waals surface area contributed by atoms with Gasteiger partial charge in [-0.05, 0) is 38.7 Å². The van der Waals surface area contributed by atoms with Gasteiger partial charge in [-0.25, -0.2) is 4.98 Å². The van der Waals surface area contributed by atoms with Gasteiger partial charge in [0.15, 0.2) is 0 Å². The number of hydrogen-bond acceptors (Lipinski definition) is 4. The fourth-order valence-electron chi connectivity index (χ4n) is 2.30. The minimum Gasteiger partial charge on any atom is -0.496 e. The van der Waals surface area contributed by atoms with Gasteiger partial charge in [0.1, 0.15) is 5.75 Å². The van der Waals surface area contributed by atoms with Gasteiger partial charge in [0, 0.05) is 19.3 Å². The van der Waals surface area contributed by atoms with Crippen LogP contribution >= 0.6 is 0 Å². The number of aromatic nitrogens is 2. The Morgan fingerprint density at radius 2 is 2.09 bits per heavy atom. The van der Waals surface area contributed by atoms with E-state index >= 15 is 0 Å². The van der Waals surface area contributed by atoms with Crippen LogP contribution in [0.25, 0.3) is 0 Å². The van der Waals surface area contributed by atoms with Crippen molar-refractivity contribution in [3.63, 3.8) is 0 Å². The average molecular weight is 316 g/mol. The van der Waals surface area contributed by atoms with E-state index in [0.29, 0.717) is 24.4 Å². The van der Waals surface area contributed by atoms with Crippen LogP contribution in [0.5, 0.6) is 5.75 Å². The lowest BCUT2D eigenvalue weighted by molar-refractivity contribution is 0.0726. The molecule has 0 atom stereocenters. The largest absolute Gasteiger partial charge is 0.496 e. The minimum atomic E-state index is -0.0432. The highest BCUT2D eigenvalue weighted by Crippen LogP contribution is 2.22. The number of methoxy groups -OCH3 is 1. The van der Waals surface area contributed by atoms with Crippen molar-refractivity contribution >= 4 is 5.91 Å². The maximum atomic E-state index is 13.0. The zero-order chi connectivity index (χ0) is 16.8. The molecule has 0 bridgehead atoms. The lowest BCUT2D eigenvalue weighted by atomic mass is 10.1. The van der Waals surface area contributed by atoms with Crippen molar-refractivity contribution in [1.29, 1.82) is 0 Å². The molecule has 2 rings (SSSR count). The number of H-pyrrole nitrogens is 1. The summed E-state index contributed by atoms with van der Waals surface area (Å²) in [5, 5.41) is 0. The Morgan fingerprint density at radius 3 is 2.70 bits per heavy atom. The Labute approximate surface area is 137 Å². The van der Waals surface area contributed by atoms with Crippen molar-refractivity contribution in [2.24, 2.45) is 0 Å². The maximum absolute atomic E-state index is 13.0. The molecule has 1 aromatic carbocycles. The number of carbonyl (C=O) groups excluding carboxylic acids is 1. The number of nitrogens with one attached hydrogen (secondary N) is 1. The molecule has 23 heavy (non-hydrogen) atoms. The summed E-state index contributed by atoms with van der Waals surface area (Å²) in [7, 11) is 5.57. The van der Waals surface area contributed by atoms with Crippen LogP contribution in [0.2, 0.25) is 0 Å². The molecule has 0 radical (unpaired) electrons. The molecular formula is C17H24N4O2. The van der Waals surface area contributed by atoms with E-state index in [2.05, 4.69) is 14.9 Å². The van der Waals surface area contributed by atoms with Gasteiger partial charge in [-0.15, -0.1) is 0 Å². The maximum Gasteiger partial charge on any atom is 0.258 e. The smallest absolute Gasteiger partial charge is 0.258 e. The van der Waals surface area contributed by atoms with Crippen molar-refractivity contribution < 1.29 is 9.53 Å². The summed E-state index contributed by atoms with van der Waals surface area (Å²) in [6.45, 7) is 3.88. The number of aryl methyl sites for hydroxylation is 1. The predicted molar refractivity (Wildman–Crippen MR) is 89.6 cm³/mol. The first-order valence-corrected chi connectivity index (χ1v) is 7.57. The molecule has 1 aromatic heterocycles. The number of carbonyl (C=O) groups is 1. The van der Waals surface area contributed by atoms with E-state index in [0.717, 1.165) is 17.8 Å². The molecule has 1 amide bonds. The normalized spacial score (nSPS) is 10.8. The van der Waals surface area contributed by atoms with E-state index in [-0.39, 0.29) is 5.91 Å². The number of aromatic amines is 1. The third kappa shape index (κ3) is 4.56. The Hall–Kier alpha value is -2.34. The fraction of sp³-hybridized carbons (Fsp3) is 0.412. The fourth-order valence-corrected chi connectivity index (χ4v) is 2.30. The van der Waals surface area contributed by atoms with Crippen molar-refractivity contribution in [3.8, 4) is 5.75 Å². The molecular weight excluding hydrogens is 292 g/mol. The van der Waals surface area contributed by atoms with Gasteiger partial charge in [0.2, 0.25) is 0 Å². The highest BCUT2D eigenvalue weighted by Gasteiger charge is 2.20. The van der Waals surface area contributed by atoms with E-state index in [1.54, 1.807) is 24.5 Å². The van der Waals surface area contributed by atoms with Gasteiger partial charge in [-0.1, -0.05) is 6.07 Å². The Kier molecular flexibility index (Phi) is 5.76. The van der Waals surface area contributed by atoms with E-state index in [1.807, 2.05) is 39.2 Å². The second-order valence-electron chi connectivity index (χ2n) is 5.81. The average Bonchev–Trinajstić information content (AvgIpc) is 3.03. The lowest BCUT2D eigenvalue weighted by Crippen LogP contribution is -2.36. The van der Waals surface area contributed by atoms with Gasteiger partial charge in [-0.3, -0.25) is 4.79 Å². The summed E-state index contributed by atoms with van der Waals surface area (Å²) in [6.07, 6.45) is 3.36. The molecule has 0 spiro atoms. The minimum absolute atomic E-state index is 0.0432. The molecule has 6 nitrogen and oxygen atoms in total. The van der Waals surface area contributed by atoms with Crippen LogP contribution < -0.4 is 4.74 Å². The van der Waals surface area contributed by atoms with Crippen molar-refractivity contribution in [3.05, 3.63) is 47.5 Å². The van der Waals surface area contributed by atoms with Crippen LogP contribution in [-0.4, -0.2) is 60.0 Å². The van der Waals surface area contributed by atoms with Crippen LogP contribution in [0.15, 0.2) is 30.7 Å². The lowest BCUT2D eigenvalue weighted by Gasteiger charge is -2.24. The zero-order valence-corrected chi connectivity index (χ0v) is 14.2. The first-order chi connectivity index (χ1) is 11.0. The number of nitrogens with zero attached hydrogens (tertiary/aromatic N) is 3. The molecule has 6 heteroatoms. The standard InChI is InChI=1S/C17H24N4O2/c1-13-5-6-15(16(9-13)23-4)17(22)21(8-7-20(2)3)11-14-10-18-12-19-14/h5-6,9-10,12H,7-8,11H2,1-4H3,(H,18,19). The van der Waals surface area contributed by atoms with E-state index in [4.69, 9.17) is 4.74 Å². The van der Waals surface area contributed by atoms with Crippen molar-refractivity contribution in [2.75, 3.05) is 34.3 Å². The number of hydrogen-bond donors (Lipinski definition) is 1. The molecule has 0 aliphatic carbocycles. The Morgan fingerprint density at radius 1 is 1.30 bits per heavy atom. The number of amides is 1. The molecule has 0 aliphatic heterocycles. The van der Waals surface area contributed by atoms with Gasteiger partial charge in [0.05, 0.1) is 31.2 Å². The van der Waals surface area contributed by atoms with Crippen LogP contribution in [0, 0.1) is 6.92 Å². The monoisotopic (exact) mass is 316 g/mol. The summed E-state index contributed by atoms with van der Waals surface area (Å²) in [5.74, 6) is 0.563. The van der Waals surface area contributed by atoms with Crippen LogP contribution in [-0.2, 0) is 6.54 Å². The Balaban J connectivity index is 2.24. The quantitative estimate of drug-likeness (QED) is 0.848. The predicted octanol–water partition coefficient (Wildman–Crippen LogP) is 1.93. The highest BCUT2D eigenvalue weighted by atomic mass is 16.5. The molecule has 0 unspecified atom stereocenters. The second-order valence-corrected chi connectivity index (χ2v) is 5.81. The number of ether oxygens (including phenoxy) is 1. The SMILES string of the molecule is COc1cc(C)ccc1C(=O)N(CCN(C)C)Cc1cnc[nH]1. The van der Waals surface area contributed by atoms with Crippen LogP contribution in [0.4, 0.5) is 0 Å². The highest BCUT2D eigenvalue weighted by molar-refractivity contribution is 5.97. The van der Waals surface area contributed by atoms with Gasteiger partial charge in [-0.2, -0.15) is 0 Å². The molecule has 1 N–H and O–H groups in total. The molecule has 0 aliphatic rings. The molecule has 2 aromatic rings.